The van der Waals surface area contributed by atoms with E-state index in [0.29, 0.717) is 5.56 Å². The van der Waals surface area contributed by atoms with Crippen LogP contribution in [-0.4, -0.2) is 19.4 Å². The van der Waals surface area contributed by atoms with Gasteiger partial charge >= 0.3 is 6.03 Å². The Morgan fingerprint density at radius 2 is 2.00 bits per heavy atom. The lowest BCUT2D eigenvalue weighted by molar-refractivity contribution is 0.241. The highest BCUT2D eigenvalue weighted by Crippen LogP contribution is 2.08. The molecule has 2 N–H and O–H groups in total. The molecule has 0 heterocycles. The molecule has 4 heteroatoms. The van der Waals surface area contributed by atoms with Gasteiger partial charge in [0.1, 0.15) is 6.04 Å². The van der Waals surface area contributed by atoms with Crippen molar-refractivity contribution < 1.29 is 9.59 Å². The van der Waals surface area contributed by atoms with Crippen LogP contribution in [0.4, 0.5) is 4.79 Å². The van der Waals surface area contributed by atoms with Crippen LogP contribution in [-0.2, 0) is 4.79 Å². The maximum atomic E-state index is 11.0. The second-order valence-corrected chi connectivity index (χ2v) is 2.69. The summed E-state index contributed by atoms with van der Waals surface area (Å²) in [7, 11) is 1.49. The molecule has 1 atom stereocenters. The van der Waals surface area contributed by atoms with E-state index in [1.165, 1.54) is 7.05 Å². The molecule has 0 spiro atoms. The average Bonchev–Trinajstić information content (AvgIpc) is 2.26. The molecular weight excluding hydrogens is 180 g/mol. The van der Waals surface area contributed by atoms with Crippen molar-refractivity contribution in [1.82, 2.24) is 10.6 Å². The average molecular weight is 191 g/mol. The zero-order valence-electron chi connectivity index (χ0n) is 7.78. The van der Waals surface area contributed by atoms with Crippen LogP contribution in [0.25, 0.3) is 0 Å². The maximum absolute atomic E-state index is 11.0. The van der Waals surface area contributed by atoms with Gasteiger partial charge in [-0.15, -0.1) is 0 Å². The van der Waals surface area contributed by atoms with E-state index in [1.54, 1.807) is 30.6 Å². The molecule has 0 aliphatic rings. The highest BCUT2D eigenvalue weighted by molar-refractivity contribution is 5.78. The van der Waals surface area contributed by atoms with Gasteiger partial charge in [0, 0.05) is 7.05 Å². The number of hydrogen-bond acceptors (Lipinski definition) is 2. The summed E-state index contributed by atoms with van der Waals surface area (Å²) in [6.07, 6.45) is 1.76. The van der Waals surface area contributed by atoms with E-state index in [9.17, 15) is 9.59 Å². The fourth-order valence-electron chi connectivity index (χ4n) is 1.03. The van der Waals surface area contributed by atoms with Crippen molar-refractivity contribution in [2.75, 3.05) is 7.05 Å². The van der Waals surface area contributed by atoms with Gasteiger partial charge in [-0.1, -0.05) is 30.3 Å². The summed E-state index contributed by atoms with van der Waals surface area (Å²) in [5.74, 6) is 0. The van der Waals surface area contributed by atoms with Crippen LogP contribution in [0.15, 0.2) is 30.3 Å². The van der Waals surface area contributed by atoms with E-state index in [0.717, 1.165) is 0 Å². The van der Waals surface area contributed by atoms with Crippen LogP contribution >= 0.6 is 0 Å². The minimum absolute atomic E-state index is 0.401. The molecule has 0 bridgehead atoms. The SMILES string of the molecule is CNC(=O)N[C@@H]([C]=O)c1ccccc1. The molecule has 14 heavy (non-hydrogen) atoms. The first-order valence-corrected chi connectivity index (χ1v) is 4.18. The molecule has 1 aromatic carbocycles. The van der Waals surface area contributed by atoms with E-state index in [1.807, 2.05) is 6.07 Å². The van der Waals surface area contributed by atoms with Crippen LogP contribution in [0.1, 0.15) is 11.6 Å². The third-order valence-corrected chi connectivity index (χ3v) is 1.75. The van der Waals surface area contributed by atoms with Crippen molar-refractivity contribution in [2.24, 2.45) is 0 Å². The second kappa shape index (κ2) is 5.01. The molecule has 0 saturated carbocycles. The number of carbonyl (C=O) groups is 1. The van der Waals surface area contributed by atoms with E-state index in [4.69, 9.17) is 0 Å². The molecule has 73 valence electrons. The number of benzene rings is 1. The standard InChI is InChI=1S/C10H11N2O2/c1-11-10(14)12-9(7-13)8-5-3-2-4-6-8/h2-6,9H,1H3,(H2,11,12,14)/t9-/m0/s1. The molecule has 1 rings (SSSR count). The number of rotatable bonds is 3. The lowest BCUT2D eigenvalue weighted by Gasteiger charge is -2.11. The predicted octanol–water partition coefficient (Wildman–Crippen LogP) is 0.766. The summed E-state index contributed by atoms with van der Waals surface area (Å²) >= 11 is 0. The van der Waals surface area contributed by atoms with E-state index >= 15 is 0 Å². The van der Waals surface area contributed by atoms with Gasteiger partial charge in [-0.05, 0) is 5.56 Å². The van der Waals surface area contributed by atoms with Crippen molar-refractivity contribution in [3.63, 3.8) is 0 Å². The Labute approximate surface area is 82.3 Å². The van der Waals surface area contributed by atoms with Gasteiger partial charge in [-0.25, -0.2) is 4.79 Å². The van der Waals surface area contributed by atoms with Gasteiger partial charge in [-0.2, -0.15) is 0 Å². The van der Waals surface area contributed by atoms with Crippen LogP contribution in [0, 0.1) is 0 Å². The Morgan fingerprint density at radius 1 is 1.36 bits per heavy atom. The molecule has 0 aromatic heterocycles. The van der Waals surface area contributed by atoms with Crippen LogP contribution in [0.5, 0.6) is 0 Å². The normalized spacial score (nSPS) is 11.5. The highest BCUT2D eigenvalue weighted by atomic mass is 16.2. The molecule has 0 saturated heterocycles. The van der Waals surface area contributed by atoms with Gasteiger partial charge in [0.15, 0.2) is 0 Å². The molecule has 2 amide bonds. The van der Waals surface area contributed by atoms with Crippen molar-refractivity contribution in [1.29, 1.82) is 0 Å². The number of nitrogens with one attached hydrogen (secondary N) is 2. The van der Waals surface area contributed by atoms with Gasteiger partial charge in [-0.3, -0.25) is 4.79 Å². The highest BCUT2D eigenvalue weighted by Gasteiger charge is 2.12. The van der Waals surface area contributed by atoms with Crippen LogP contribution in [0.3, 0.4) is 0 Å². The Kier molecular flexibility index (Phi) is 3.67. The van der Waals surface area contributed by atoms with Gasteiger partial charge < -0.3 is 10.6 Å². The quantitative estimate of drug-likeness (QED) is 0.741. The number of urea groups is 1. The summed E-state index contributed by atoms with van der Waals surface area (Å²) in [5.41, 5.74) is 0.714. The summed E-state index contributed by atoms with van der Waals surface area (Å²) in [5, 5.41) is 4.83. The molecule has 4 nitrogen and oxygen atoms in total. The molecular formula is C10H11N2O2. The van der Waals surface area contributed by atoms with Crippen molar-refractivity contribution in [3.8, 4) is 0 Å². The van der Waals surface area contributed by atoms with Crippen molar-refractivity contribution in [3.05, 3.63) is 35.9 Å². The van der Waals surface area contributed by atoms with Crippen LogP contribution in [0.2, 0.25) is 0 Å². The summed E-state index contributed by atoms with van der Waals surface area (Å²) in [6.45, 7) is 0. The Morgan fingerprint density at radius 3 is 2.50 bits per heavy atom. The molecule has 1 aromatic rings. The fourth-order valence-corrected chi connectivity index (χ4v) is 1.03. The molecule has 1 radical (unpaired) electrons. The topological polar surface area (TPSA) is 58.2 Å². The lowest BCUT2D eigenvalue weighted by atomic mass is 10.1. The van der Waals surface area contributed by atoms with Gasteiger partial charge in [0.25, 0.3) is 0 Å². The third-order valence-electron chi connectivity index (χ3n) is 1.75. The number of carbonyl (C=O) groups excluding carboxylic acids is 2. The van der Waals surface area contributed by atoms with E-state index < -0.39 is 12.1 Å². The smallest absolute Gasteiger partial charge is 0.315 e. The minimum Gasteiger partial charge on any atom is -0.341 e. The van der Waals surface area contributed by atoms with Gasteiger partial charge in [0.05, 0.1) is 0 Å². The van der Waals surface area contributed by atoms with Crippen LogP contribution < -0.4 is 10.6 Å². The number of amides is 2. The summed E-state index contributed by atoms with van der Waals surface area (Å²) < 4.78 is 0. The first-order chi connectivity index (χ1) is 6.77. The summed E-state index contributed by atoms with van der Waals surface area (Å²) in [6, 6.07) is 7.83. The van der Waals surface area contributed by atoms with Crippen molar-refractivity contribution in [2.45, 2.75) is 6.04 Å². The lowest BCUT2D eigenvalue weighted by Crippen LogP contribution is -2.36. The Hall–Kier alpha value is -1.84. The van der Waals surface area contributed by atoms with E-state index in [2.05, 4.69) is 10.6 Å². The summed E-state index contributed by atoms with van der Waals surface area (Å²) in [4.78, 5) is 21.5. The Bertz CT molecular complexity index is 311. The fraction of sp³-hybridized carbons (Fsp3) is 0.200. The zero-order valence-corrected chi connectivity index (χ0v) is 7.78. The van der Waals surface area contributed by atoms with Crippen molar-refractivity contribution >= 4 is 12.3 Å². The zero-order chi connectivity index (χ0) is 10.4. The predicted molar refractivity (Wildman–Crippen MR) is 52.5 cm³/mol. The Balaban J connectivity index is 2.73. The minimum atomic E-state index is -0.712. The van der Waals surface area contributed by atoms with E-state index in [-0.39, 0.29) is 0 Å². The molecule has 0 aliphatic heterocycles. The molecule has 0 unspecified atom stereocenters. The second-order valence-electron chi connectivity index (χ2n) is 2.69. The first-order valence-electron chi connectivity index (χ1n) is 4.18. The largest absolute Gasteiger partial charge is 0.341 e. The monoisotopic (exact) mass is 191 g/mol. The maximum Gasteiger partial charge on any atom is 0.315 e. The third kappa shape index (κ3) is 2.58. The first kappa shape index (κ1) is 10.2. The number of hydrogen-bond donors (Lipinski definition) is 2. The van der Waals surface area contributed by atoms with Gasteiger partial charge in [0.2, 0.25) is 6.29 Å². The molecule has 0 aliphatic carbocycles. The molecule has 0 fully saturated rings.